The maximum atomic E-state index is 6.82. The monoisotopic (exact) mass is 398 g/mol. The van der Waals surface area contributed by atoms with Crippen LogP contribution < -0.4 is 4.74 Å². The zero-order valence-electron chi connectivity index (χ0n) is 18.2. The van der Waals surface area contributed by atoms with Crippen LogP contribution >= 0.6 is 0 Å². The van der Waals surface area contributed by atoms with E-state index in [-0.39, 0.29) is 12.4 Å². The first-order chi connectivity index (χ1) is 14.2. The molecule has 3 heteroatoms. The number of benzene rings is 1. The van der Waals surface area contributed by atoms with Crippen molar-refractivity contribution in [2.75, 3.05) is 6.61 Å². The molecule has 3 nitrogen and oxygen atoms in total. The van der Waals surface area contributed by atoms with Gasteiger partial charge < -0.3 is 14.2 Å². The number of hydrogen-bond acceptors (Lipinski definition) is 3. The van der Waals surface area contributed by atoms with Crippen LogP contribution in [0.4, 0.5) is 0 Å². The fourth-order valence-electron chi connectivity index (χ4n) is 6.67. The molecule has 29 heavy (non-hydrogen) atoms. The fraction of sp³-hybridized carbons (Fsp3) is 0.769. The van der Waals surface area contributed by atoms with Crippen molar-refractivity contribution in [2.45, 2.75) is 96.1 Å². The molecule has 4 aliphatic carbocycles. The summed E-state index contributed by atoms with van der Waals surface area (Å²) in [5, 5.41) is 0. The highest BCUT2D eigenvalue weighted by atomic mass is 16.7. The summed E-state index contributed by atoms with van der Waals surface area (Å²) in [5.41, 5.74) is 1.38. The van der Waals surface area contributed by atoms with Crippen molar-refractivity contribution in [3.8, 4) is 5.75 Å². The number of rotatable bonds is 7. The second kappa shape index (κ2) is 8.59. The molecule has 0 radical (unpaired) electrons. The van der Waals surface area contributed by atoms with Gasteiger partial charge in [-0.25, -0.2) is 0 Å². The summed E-state index contributed by atoms with van der Waals surface area (Å²) in [4.78, 5) is 0. The summed E-state index contributed by atoms with van der Waals surface area (Å²) >= 11 is 0. The second-order valence-electron chi connectivity index (χ2n) is 10.3. The van der Waals surface area contributed by atoms with Crippen LogP contribution in [0.1, 0.15) is 83.1 Å². The first-order valence-corrected chi connectivity index (χ1v) is 12.2. The van der Waals surface area contributed by atoms with E-state index in [4.69, 9.17) is 14.2 Å². The van der Waals surface area contributed by atoms with Crippen LogP contribution in [0.5, 0.6) is 5.75 Å². The molecule has 160 valence electrons. The van der Waals surface area contributed by atoms with Crippen LogP contribution in [0.25, 0.3) is 0 Å². The Morgan fingerprint density at radius 1 is 0.966 bits per heavy atom. The Hall–Kier alpha value is -1.06. The molecule has 0 N–H and O–H groups in total. The Bertz CT molecular complexity index is 635. The highest BCUT2D eigenvalue weighted by Gasteiger charge is 2.50. The molecular weight excluding hydrogens is 360 g/mol. The first kappa shape index (κ1) is 19.9. The molecule has 1 aromatic rings. The molecule has 4 saturated carbocycles. The third kappa shape index (κ3) is 4.23. The molecule has 1 saturated heterocycles. The third-order valence-electron chi connectivity index (χ3n) is 8.26. The van der Waals surface area contributed by atoms with E-state index in [2.05, 4.69) is 38.1 Å². The molecule has 0 amide bonds. The second-order valence-corrected chi connectivity index (χ2v) is 10.3. The fourth-order valence-corrected chi connectivity index (χ4v) is 6.67. The zero-order valence-corrected chi connectivity index (χ0v) is 18.2. The van der Waals surface area contributed by atoms with Crippen molar-refractivity contribution in [3.63, 3.8) is 0 Å². The lowest BCUT2D eigenvalue weighted by Gasteiger charge is -2.54. The summed E-state index contributed by atoms with van der Waals surface area (Å²) in [5.74, 6) is 4.93. The van der Waals surface area contributed by atoms with E-state index in [0.29, 0.717) is 12.0 Å². The van der Waals surface area contributed by atoms with Gasteiger partial charge in [-0.3, -0.25) is 0 Å². The Labute approximate surface area is 176 Å². The Kier molecular flexibility index (Phi) is 5.89. The van der Waals surface area contributed by atoms with E-state index in [1.807, 2.05) is 0 Å². The topological polar surface area (TPSA) is 27.7 Å². The maximum Gasteiger partial charge on any atom is 0.226 e. The molecular formula is C26H38O3. The van der Waals surface area contributed by atoms with Crippen LogP contribution in [0, 0.1) is 23.7 Å². The molecule has 5 aliphatic rings. The van der Waals surface area contributed by atoms with Crippen LogP contribution in [-0.4, -0.2) is 25.1 Å². The van der Waals surface area contributed by atoms with Crippen LogP contribution in [-0.2, 0) is 9.47 Å². The first-order valence-electron chi connectivity index (χ1n) is 12.2. The Morgan fingerprint density at radius 3 is 2.24 bits per heavy atom. The molecule has 3 atom stereocenters. The van der Waals surface area contributed by atoms with Crippen molar-refractivity contribution >= 4 is 0 Å². The molecule has 1 aromatic carbocycles. The zero-order chi connectivity index (χ0) is 19.8. The molecule has 0 aromatic heterocycles. The van der Waals surface area contributed by atoms with E-state index in [1.165, 1.54) is 44.1 Å². The van der Waals surface area contributed by atoms with Gasteiger partial charge in [0.15, 0.2) is 0 Å². The predicted octanol–water partition coefficient (Wildman–Crippen LogP) is 6.32. The third-order valence-corrected chi connectivity index (χ3v) is 8.26. The van der Waals surface area contributed by atoms with E-state index in [9.17, 15) is 0 Å². The van der Waals surface area contributed by atoms with Gasteiger partial charge in [0.05, 0.1) is 6.10 Å². The lowest BCUT2D eigenvalue weighted by atomic mass is 9.55. The standard InChI is InChI=1S/C26H38O3/c1-3-17(2)20-7-9-23(10-8-20)28-26(24-6-4-5-11-27-24)29-25-21-13-18-12-19(15-21)16-22(25)14-18/h7-10,17-19,21-22,24-26H,3-6,11-16H2,1-2H3. The van der Waals surface area contributed by atoms with Gasteiger partial charge in [-0.05, 0) is 105 Å². The van der Waals surface area contributed by atoms with Gasteiger partial charge in [-0.15, -0.1) is 0 Å². The van der Waals surface area contributed by atoms with Gasteiger partial charge in [-0.2, -0.15) is 0 Å². The van der Waals surface area contributed by atoms with Crippen LogP contribution in [0.3, 0.4) is 0 Å². The summed E-state index contributed by atoms with van der Waals surface area (Å²) in [7, 11) is 0. The molecule has 1 heterocycles. The Balaban J connectivity index is 1.30. The normalized spacial score (nSPS) is 38.0. The van der Waals surface area contributed by atoms with Crippen molar-refractivity contribution in [2.24, 2.45) is 23.7 Å². The molecule has 6 rings (SSSR count). The predicted molar refractivity (Wildman–Crippen MR) is 115 cm³/mol. The molecule has 5 fully saturated rings. The van der Waals surface area contributed by atoms with Gasteiger partial charge in [0.25, 0.3) is 0 Å². The van der Waals surface area contributed by atoms with Crippen molar-refractivity contribution in [1.82, 2.24) is 0 Å². The van der Waals surface area contributed by atoms with Crippen molar-refractivity contribution < 1.29 is 14.2 Å². The van der Waals surface area contributed by atoms with Crippen LogP contribution in [0.15, 0.2) is 24.3 Å². The van der Waals surface area contributed by atoms with Crippen LogP contribution in [0.2, 0.25) is 0 Å². The van der Waals surface area contributed by atoms with E-state index >= 15 is 0 Å². The largest absolute Gasteiger partial charge is 0.462 e. The summed E-state index contributed by atoms with van der Waals surface area (Å²) in [6.07, 6.45) is 11.7. The lowest BCUT2D eigenvalue weighted by molar-refractivity contribution is -0.239. The summed E-state index contributed by atoms with van der Waals surface area (Å²) in [6, 6.07) is 8.67. The van der Waals surface area contributed by atoms with Gasteiger partial charge in [0, 0.05) is 6.61 Å². The quantitative estimate of drug-likeness (QED) is 0.503. The molecule has 4 bridgehead atoms. The minimum atomic E-state index is -0.271. The molecule has 3 unspecified atom stereocenters. The average molecular weight is 399 g/mol. The molecule has 0 spiro atoms. The average Bonchev–Trinajstić information content (AvgIpc) is 2.75. The smallest absolute Gasteiger partial charge is 0.226 e. The Morgan fingerprint density at radius 2 is 1.66 bits per heavy atom. The van der Waals surface area contributed by atoms with Gasteiger partial charge in [0.1, 0.15) is 11.9 Å². The van der Waals surface area contributed by atoms with E-state index in [0.717, 1.165) is 55.3 Å². The van der Waals surface area contributed by atoms with Gasteiger partial charge in [0.2, 0.25) is 6.29 Å². The van der Waals surface area contributed by atoms with Gasteiger partial charge >= 0.3 is 0 Å². The lowest BCUT2D eigenvalue weighted by Crippen LogP contribution is -2.53. The highest BCUT2D eigenvalue weighted by Crippen LogP contribution is 2.55. The summed E-state index contributed by atoms with van der Waals surface area (Å²) in [6.45, 7) is 5.36. The maximum absolute atomic E-state index is 6.82. The van der Waals surface area contributed by atoms with Crippen molar-refractivity contribution in [3.05, 3.63) is 29.8 Å². The minimum absolute atomic E-state index is 0.0650. The molecule has 1 aliphatic heterocycles. The SMILES string of the molecule is CCC(C)c1ccc(OC(OC2C3CC4CC(C3)CC2C4)C2CCCCO2)cc1. The van der Waals surface area contributed by atoms with E-state index in [1.54, 1.807) is 0 Å². The number of hydrogen-bond donors (Lipinski definition) is 0. The van der Waals surface area contributed by atoms with Crippen molar-refractivity contribution in [1.29, 1.82) is 0 Å². The minimum Gasteiger partial charge on any atom is -0.462 e. The number of ether oxygens (including phenoxy) is 3. The summed E-state index contributed by atoms with van der Waals surface area (Å²) < 4.78 is 19.4. The van der Waals surface area contributed by atoms with E-state index < -0.39 is 0 Å². The van der Waals surface area contributed by atoms with Gasteiger partial charge in [-0.1, -0.05) is 26.0 Å². The highest BCUT2D eigenvalue weighted by molar-refractivity contribution is 5.29.